The van der Waals surface area contributed by atoms with Crippen LogP contribution in [0, 0.1) is 0 Å². The maximum absolute atomic E-state index is 11.4. The lowest BCUT2D eigenvalue weighted by Crippen LogP contribution is -3.00. The third-order valence-electron chi connectivity index (χ3n) is 1.30. The van der Waals surface area contributed by atoms with Gasteiger partial charge in [0.2, 0.25) is 5.78 Å². The summed E-state index contributed by atoms with van der Waals surface area (Å²) >= 11 is 0. The van der Waals surface area contributed by atoms with Gasteiger partial charge in [0.25, 0.3) is 0 Å². The summed E-state index contributed by atoms with van der Waals surface area (Å²) in [7, 11) is 12.2. The highest BCUT2D eigenvalue weighted by atomic mass is 79.9. The van der Waals surface area contributed by atoms with Gasteiger partial charge in [0.15, 0.2) is 0 Å². The predicted octanol–water partition coefficient (Wildman–Crippen LogP) is -6.02. The van der Waals surface area contributed by atoms with Crippen molar-refractivity contribution >= 4 is 5.78 Å². The second kappa shape index (κ2) is 6.93. The number of nitrogens with zero attached hydrogens (tertiary/aromatic N) is 2. The number of quaternary nitrogens is 2. The average Bonchev–Trinajstić information content (AvgIpc) is 1.49. The molecule has 0 fully saturated rings. The van der Waals surface area contributed by atoms with Crippen molar-refractivity contribution < 1.29 is 47.7 Å². The van der Waals surface area contributed by atoms with Crippen LogP contribution >= 0.6 is 0 Å². The quantitative estimate of drug-likeness (QED) is 0.468. The Morgan fingerprint density at radius 2 is 1.00 bits per heavy atom. The summed E-state index contributed by atoms with van der Waals surface area (Å²) < 4.78 is 1.44. The van der Waals surface area contributed by atoms with Crippen LogP contribution in [0.15, 0.2) is 0 Å². The molecule has 0 aliphatic heterocycles. The van der Waals surface area contributed by atoms with Crippen LogP contribution < -0.4 is 34.0 Å². The van der Waals surface area contributed by atoms with Crippen LogP contribution in [0.4, 0.5) is 0 Å². The molecule has 0 spiro atoms. The fraction of sp³-hybridized carbons (Fsp3) is 0.889. The number of carbonyl (C=O) groups excluding carboxylic acids is 1. The molecule has 0 amide bonds. The highest BCUT2D eigenvalue weighted by Gasteiger charge is 2.20. The molecule has 0 bridgehead atoms. The standard InChI is InChI=1S/C9H22N2O.2BrH/c1-10(2,3)7-9(12)8-11(4,5)6;;/h7-8H2,1-6H3;2*1H/q+2;;/p-2. The van der Waals surface area contributed by atoms with Crippen molar-refractivity contribution in [1.29, 1.82) is 0 Å². The van der Waals surface area contributed by atoms with Crippen LogP contribution in [0.5, 0.6) is 0 Å². The number of likely N-dealkylation sites (N-methyl/N-ethyl adjacent to an activating group) is 2. The number of hydrogen-bond donors (Lipinski definition) is 0. The number of Topliss-reactive ketones (excluding diaryl/α,β-unsaturated/α-hetero) is 1. The van der Waals surface area contributed by atoms with Crippen molar-refractivity contribution in [1.82, 2.24) is 0 Å². The zero-order valence-corrected chi connectivity index (χ0v) is 13.1. The van der Waals surface area contributed by atoms with Crippen LogP contribution in [0.3, 0.4) is 0 Å². The van der Waals surface area contributed by atoms with Gasteiger partial charge >= 0.3 is 0 Å². The molecule has 5 heteroatoms. The Bertz CT molecular complexity index is 153. The highest BCUT2D eigenvalue weighted by molar-refractivity contribution is 5.80. The van der Waals surface area contributed by atoms with Gasteiger partial charge in [-0.15, -0.1) is 0 Å². The van der Waals surface area contributed by atoms with Gasteiger partial charge in [-0.05, 0) is 0 Å². The predicted molar refractivity (Wildman–Crippen MR) is 50.8 cm³/mol. The van der Waals surface area contributed by atoms with Crippen molar-refractivity contribution in [3.63, 3.8) is 0 Å². The largest absolute Gasteiger partial charge is 1.00 e. The van der Waals surface area contributed by atoms with Gasteiger partial charge in [-0.2, -0.15) is 0 Å². The van der Waals surface area contributed by atoms with E-state index >= 15 is 0 Å². The Balaban J connectivity index is -0.000000605. The Labute approximate surface area is 109 Å². The molecule has 0 rings (SSSR count). The third kappa shape index (κ3) is 15.0. The summed E-state index contributed by atoms with van der Waals surface area (Å²) in [6.07, 6.45) is 0. The van der Waals surface area contributed by atoms with E-state index in [1.165, 1.54) is 0 Å². The van der Waals surface area contributed by atoms with Crippen LogP contribution in [-0.2, 0) is 4.79 Å². The Kier molecular flexibility index (Phi) is 9.91. The minimum absolute atomic E-state index is 0. The smallest absolute Gasteiger partial charge is 0.240 e. The van der Waals surface area contributed by atoms with E-state index in [9.17, 15) is 4.79 Å². The van der Waals surface area contributed by atoms with E-state index in [-0.39, 0.29) is 34.0 Å². The summed E-state index contributed by atoms with van der Waals surface area (Å²) in [5, 5.41) is 0. The monoisotopic (exact) mass is 332 g/mol. The van der Waals surface area contributed by atoms with E-state index in [4.69, 9.17) is 0 Å². The Morgan fingerprint density at radius 3 is 1.14 bits per heavy atom. The molecule has 0 radical (unpaired) electrons. The van der Waals surface area contributed by atoms with Crippen molar-refractivity contribution in [2.24, 2.45) is 0 Å². The third-order valence-corrected chi connectivity index (χ3v) is 1.30. The molecule has 0 aromatic rings. The lowest BCUT2D eigenvalue weighted by Gasteiger charge is -2.26. The first-order chi connectivity index (χ1) is 5.10. The molecule has 0 atom stereocenters. The molecule has 0 saturated heterocycles. The first kappa shape index (κ1) is 20.0. The SMILES string of the molecule is C[N+](C)(C)CC(=O)C[N+](C)(C)C.[Br-].[Br-]. The van der Waals surface area contributed by atoms with Gasteiger partial charge in [-0.1, -0.05) is 0 Å². The topological polar surface area (TPSA) is 17.1 Å². The van der Waals surface area contributed by atoms with Crippen LogP contribution in [0.25, 0.3) is 0 Å². The van der Waals surface area contributed by atoms with E-state index in [2.05, 4.69) is 0 Å². The summed E-state index contributed by atoms with van der Waals surface area (Å²) in [6, 6.07) is 0. The van der Waals surface area contributed by atoms with Crippen LogP contribution in [0.2, 0.25) is 0 Å². The second-order valence-electron chi connectivity index (χ2n) is 5.44. The van der Waals surface area contributed by atoms with Crippen molar-refractivity contribution in [3.8, 4) is 0 Å². The van der Waals surface area contributed by atoms with E-state index in [1.54, 1.807) is 0 Å². The fourth-order valence-corrected chi connectivity index (χ4v) is 1.11. The minimum Gasteiger partial charge on any atom is -1.00 e. The maximum atomic E-state index is 11.4. The molecule has 0 saturated carbocycles. The van der Waals surface area contributed by atoms with Gasteiger partial charge < -0.3 is 42.9 Å². The van der Waals surface area contributed by atoms with Crippen molar-refractivity contribution in [2.75, 3.05) is 55.4 Å². The molecule has 3 nitrogen and oxygen atoms in total. The number of hydrogen-bond acceptors (Lipinski definition) is 1. The molecule has 0 aromatic heterocycles. The normalized spacial score (nSPS) is 11.3. The van der Waals surface area contributed by atoms with E-state index in [0.717, 1.165) is 8.97 Å². The number of halogens is 2. The molecule has 0 aromatic carbocycles. The molecule has 0 N–H and O–H groups in total. The summed E-state index contributed by atoms with van der Waals surface area (Å²) in [6.45, 7) is 1.24. The summed E-state index contributed by atoms with van der Waals surface area (Å²) in [5.41, 5.74) is 0. The number of rotatable bonds is 4. The fourth-order valence-electron chi connectivity index (χ4n) is 1.11. The van der Waals surface area contributed by atoms with Gasteiger partial charge in [0.1, 0.15) is 13.1 Å². The lowest BCUT2D eigenvalue weighted by molar-refractivity contribution is -0.874. The van der Waals surface area contributed by atoms with E-state index < -0.39 is 0 Å². The Hall–Kier alpha value is 0.550. The second-order valence-corrected chi connectivity index (χ2v) is 5.44. The van der Waals surface area contributed by atoms with Gasteiger partial charge in [-0.25, -0.2) is 0 Å². The van der Waals surface area contributed by atoms with Gasteiger partial charge in [0.05, 0.1) is 42.3 Å². The summed E-state index contributed by atoms with van der Waals surface area (Å²) in [4.78, 5) is 11.4. The molecule has 0 aliphatic carbocycles. The van der Waals surface area contributed by atoms with Gasteiger partial charge in [-0.3, -0.25) is 4.79 Å². The van der Waals surface area contributed by atoms with E-state index in [1.807, 2.05) is 42.3 Å². The van der Waals surface area contributed by atoms with Crippen molar-refractivity contribution in [2.45, 2.75) is 0 Å². The first-order valence-corrected chi connectivity index (χ1v) is 4.23. The minimum atomic E-state index is 0. The van der Waals surface area contributed by atoms with Gasteiger partial charge in [0, 0.05) is 0 Å². The molecular formula is C9H22Br2N2O. The lowest BCUT2D eigenvalue weighted by atomic mass is 10.3. The zero-order valence-electron chi connectivity index (χ0n) is 9.97. The average molecular weight is 334 g/mol. The number of carbonyl (C=O) groups is 1. The molecule has 0 aliphatic rings. The van der Waals surface area contributed by atoms with Crippen LogP contribution in [0.1, 0.15) is 0 Å². The van der Waals surface area contributed by atoms with E-state index in [0.29, 0.717) is 18.9 Å². The summed E-state index contributed by atoms with van der Waals surface area (Å²) in [5.74, 6) is 0.329. The molecule has 0 heterocycles. The Morgan fingerprint density at radius 1 is 0.786 bits per heavy atom. The van der Waals surface area contributed by atoms with Crippen molar-refractivity contribution in [3.05, 3.63) is 0 Å². The first-order valence-electron chi connectivity index (χ1n) is 4.23. The molecular weight excluding hydrogens is 312 g/mol. The number of ketones is 1. The molecule has 88 valence electrons. The zero-order chi connectivity index (χ0) is 9.99. The molecule has 0 unspecified atom stereocenters. The highest BCUT2D eigenvalue weighted by Crippen LogP contribution is 1.95. The van der Waals surface area contributed by atoms with Crippen LogP contribution in [-0.4, -0.2) is 70.1 Å². The maximum Gasteiger partial charge on any atom is 0.240 e. The molecule has 14 heavy (non-hydrogen) atoms.